The summed E-state index contributed by atoms with van der Waals surface area (Å²) in [7, 11) is 1.51. The van der Waals surface area contributed by atoms with Gasteiger partial charge in [-0.15, -0.1) is 0 Å². The first-order chi connectivity index (χ1) is 16.3. The Kier molecular flexibility index (Phi) is 6.27. The molecule has 1 heterocycles. The molecule has 0 spiro atoms. The highest BCUT2D eigenvalue weighted by atomic mass is 19.1. The number of benzene rings is 3. The lowest BCUT2D eigenvalue weighted by Gasteiger charge is -2.28. The Balaban J connectivity index is 1.68. The van der Waals surface area contributed by atoms with E-state index < -0.39 is 17.8 Å². The van der Waals surface area contributed by atoms with E-state index in [-0.39, 0.29) is 11.4 Å². The van der Waals surface area contributed by atoms with Crippen molar-refractivity contribution < 1.29 is 23.5 Å². The average Bonchev–Trinajstić information content (AvgIpc) is 2.80. The third-order valence-corrected chi connectivity index (χ3v) is 5.82. The Morgan fingerprint density at radius 1 is 1.00 bits per heavy atom. The number of nitrogens with one attached hydrogen (secondary N) is 1. The zero-order valence-electron chi connectivity index (χ0n) is 19.0. The van der Waals surface area contributed by atoms with Crippen LogP contribution in [-0.4, -0.2) is 25.0 Å². The molecule has 1 fully saturated rings. The smallest absolute Gasteiger partial charge is 0.335 e. The monoisotopic (exact) mass is 458 g/mol. The molecular weight excluding hydrogens is 435 g/mol. The van der Waals surface area contributed by atoms with Crippen molar-refractivity contribution >= 4 is 29.6 Å². The highest BCUT2D eigenvalue weighted by Gasteiger charge is 2.37. The number of barbiturate groups is 1. The van der Waals surface area contributed by atoms with Gasteiger partial charge in [-0.3, -0.25) is 14.9 Å². The third-order valence-electron chi connectivity index (χ3n) is 5.82. The van der Waals surface area contributed by atoms with Crippen molar-refractivity contribution in [3.63, 3.8) is 0 Å². The molecule has 172 valence electrons. The molecule has 1 N–H and O–H groups in total. The molecule has 0 atom stereocenters. The molecule has 0 radical (unpaired) electrons. The van der Waals surface area contributed by atoms with E-state index in [0.717, 1.165) is 27.2 Å². The number of carbonyl (C=O) groups is 3. The van der Waals surface area contributed by atoms with Gasteiger partial charge in [-0.1, -0.05) is 36.4 Å². The number of urea groups is 1. The Morgan fingerprint density at radius 2 is 1.76 bits per heavy atom. The standard InChI is InChI=1S/C27H23FN2O4/c1-16-6-4-9-23(17(16)2)30-26(32)22(25(31)29-27(30)33)14-19-10-11-20(24(15-19)34-3)12-18-7-5-8-21(28)13-18/h4-11,13-15H,12H2,1-3H3,(H,29,31,33)/b22-14+. The fourth-order valence-electron chi connectivity index (χ4n) is 3.88. The molecule has 0 aromatic heterocycles. The summed E-state index contributed by atoms with van der Waals surface area (Å²) in [6.07, 6.45) is 1.88. The number of carbonyl (C=O) groups excluding carboxylic acids is 3. The zero-order valence-corrected chi connectivity index (χ0v) is 19.0. The fourth-order valence-corrected chi connectivity index (χ4v) is 3.88. The number of anilines is 1. The summed E-state index contributed by atoms with van der Waals surface area (Å²) in [6, 6.07) is 16.0. The average molecular weight is 458 g/mol. The van der Waals surface area contributed by atoms with Crippen LogP contribution in [0.3, 0.4) is 0 Å². The number of halogens is 1. The van der Waals surface area contributed by atoms with Crippen LogP contribution in [0.15, 0.2) is 66.2 Å². The molecule has 4 rings (SSSR count). The SMILES string of the molecule is COc1cc(/C=C2\C(=O)NC(=O)N(c3cccc(C)c3C)C2=O)ccc1Cc1cccc(F)c1. The maximum Gasteiger partial charge on any atom is 0.335 e. The van der Waals surface area contributed by atoms with Crippen molar-refractivity contribution in [2.75, 3.05) is 12.0 Å². The van der Waals surface area contributed by atoms with E-state index in [4.69, 9.17) is 4.74 Å². The first-order valence-corrected chi connectivity index (χ1v) is 10.7. The summed E-state index contributed by atoms with van der Waals surface area (Å²) in [4.78, 5) is 39.2. The lowest BCUT2D eigenvalue weighted by molar-refractivity contribution is -0.122. The minimum Gasteiger partial charge on any atom is -0.496 e. The number of imide groups is 2. The molecule has 1 aliphatic rings. The normalized spacial score (nSPS) is 15.0. The maximum absolute atomic E-state index is 13.5. The van der Waals surface area contributed by atoms with E-state index in [1.54, 1.807) is 36.4 Å². The van der Waals surface area contributed by atoms with Crippen molar-refractivity contribution in [3.05, 3.63) is 99.9 Å². The first-order valence-electron chi connectivity index (χ1n) is 10.7. The first kappa shape index (κ1) is 22.9. The molecule has 0 bridgehead atoms. The number of methoxy groups -OCH3 is 1. The van der Waals surface area contributed by atoms with Gasteiger partial charge in [0.15, 0.2) is 0 Å². The summed E-state index contributed by atoms with van der Waals surface area (Å²) in [5, 5.41) is 2.25. The van der Waals surface area contributed by atoms with Crippen LogP contribution < -0.4 is 15.0 Å². The topological polar surface area (TPSA) is 75.7 Å². The number of hydrogen-bond acceptors (Lipinski definition) is 4. The lowest BCUT2D eigenvalue weighted by atomic mass is 10.00. The molecule has 4 amide bonds. The van der Waals surface area contributed by atoms with Crippen LogP contribution in [0.1, 0.15) is 27.8 Å². The highest BCUT2D eigenvalue weighted by molar-refractivity contribution is 6.39. The number of nitrogens with zero attached hydrogens (tertiary/aromatic N) is 1. The van der Waals surface area contributed by atoms with E-state index in [9.17, 15) is 18.8 Å². The van der Waals surface area contributed by atoms with E-state index in [1.807, 2.05) is 26.0 Å². The number of amides is 4. The summed E-state index contributed by atoms with van der Waals surface area (Å²) in [6.45, 7) is 3.69. The largest absolute Gasteiger partial charge is 0.496 e. The zero-order chi connectivity index (χ0) is 24.4. The molecule has 3 aromatic carbocycles. The van der Waals surface area contributed by atoms with Gasteiger partial charge in [0, 0.05) is 6.42 Å². The second-order valence-electron chi connectivity index (χ2n) is 8.05. The van der Waals surface area contributed by atoms with Crippen LogP contribution in [-0.2, 0) is 16.0 Å². The van der Waals surface area contributed by atoms with Gasteiger partial charge in [-0.2, -0.15) is 0 Å². The van der Waals surface area contributed by atoms with Gasteiger partial charge < -0.3 is 4.74 Å². The lowest BCUT2D eigenvalue weighted by Crippen LogP contribution is -2.54. The minimum atomic E-state index is -0.788. The van der Waals surface area contributed by atoms with Crippen LogP contribution in [0.25, 0.3) is 6.08 Å². The molecule has 34 heavy (non-hydrogen) atoms. The third kappa shape index (κ3) is 4.45. The molecular formula is C27H23FN2O4. The fraction of sp³-hybridized carbons (Fsp3) is 0.148. The van der Waals surface area contributed by atoms with Crippen LogP contribution in [0, 0.1) is 19.7 Å². The number of ether oxygens (including phenoxy) is 1. The highest BCUT2D eigenvalue weighted by Crippen LogP contribution is 2.28. The summed E-state index contributed by atoms with van der Waals surface area (Å²) >= 11 is 0. The van der Waals surface area contributed by atoms with Crippen LogP contribution >= 0.6 is 0 Å². The van der Waals surface area contributed by atoms with Gasteiger partial charge in [0.25, 0.3) is 11.8 Å². The number of hydrogen-bond donors (Lipinski definition) is 1. The second-order valence-corrected chi connectivity index (χ2v) is 8.05. The summed E-state index contributed by atoms with van der Waals surface area (Å²) in [5.74, 6) is -1.25. The van der Waals surface area contributed by atoms with Crippen molar-refractivity contribution in [2.45, 2.75) is 20.3 Å². The van der Waals surface area contributed by atoms with Gasteiger partial charge in [-0.25, -0.2) is 14.1 Å². The Morgan fingerprint density at radius 3 is 2.50 bits per heavy atom. The minimum absolute atomic E-state index is 0.166. The Bertz CT molecular complexity index is 1350. The second kappa shape index (κ2) is 9.31. The molecule has 0 saturated carbocycles. The number of aryl methyl sites for hydroxylation is 1. The molecule has 6 nitrogen and oxygen atoms in total. The van der Waals surface area contributed by atoms with Crippen LogP contribution in [0.4, 0.5) is 14.9 Å². The molecule has 1 saturated heterocycles. The van der Waals surface area contributed by atoms with E-state index >= 15 is 0 Å². The summed E-state index contributed by atoms with van der Waals surface area (Å²) < 4.78 is 19.0. The van der Waals surface area contributed by atoms with Crippen LogP contribution in [0.5, 0.6) is 5.75 Å². The molecule has 1 aliphatic heterocycles. The van der Waals surface area contributed by atoms with E-state index in [1.165, 1.54) is 25.3 Å². The predicted octanol–water partition coefficient (Wildman–Crippen LogP) is 4.71. The Labute approximate surface area is 196 Å². The van der Waals surface area contributed by atoms with Crippen molar-refractivity contribution in [1.82, 2.24) is 5.32 Å². The van der Waals surface area contributed by atoms with Gasteiger partial charge in [0.05, 0.1) is 12.8 Å². The summed E-state index contributed by atoms with van der Waals surface area (Å²) in [5.41, 5.74) is 4.09. The van der Waals surface area contributed by atoms with Gasteiger partial charge in [0.2, 0.25) is 0 Å². The maximum atomic E-state index is 13.5. The van der Waals surface area contributed by atoms with Crippen molar-refractivity contribution in [1.29, 1.82) is 0 Å². The predicted molar refractivity (Wildman–Crippen MR) is 127 cm³/mol. The van der Waals surface area contributed by atoms with Gasteiger partial charge >= 0.3 is 6.03 Å². The van der Waals surface area contributed by atoms with E-state index in [2.05, 4.69) is 5.32 Å². The van der Waals surface area contributed by atoms with Crippen LogP contribution in [0.2, 0.25) is 0 Å². The van der Waals surface area contributed by atoms with Gasteiger partial charge in [-0.05, 0) is 72.0 Å². The van der Waals surface area contributed by atoms with Gasteiger partial charge in [0.1, 0.15) is 17.1 Å². The van der Waals surface area contributed by atoms with E-state index in [0.29, 0.717) is 23.4 Å². The number of rotatable bonds is 5. The van der Waals surface area contributed by atoms with Crippen molar-refractivity contribution in [2.24, 2.45) is 0 Å². The molecule has 3 aromatic rings. The molecule has 7 heteroatoms. The Hall–Kier alpha value is -4.26. The molecule has 0 unspecified atom stereocenters. The molecule has 0 aliphatic carbocycles. The quantitative estimate of drug-likeness (QED) is 0.444. The van der Waals surface area contributed by atoms with Crippen molar-refractivity contribution in [3.8, 4) is 5.75 Å².